The second-order valence-corrected chi connectivity index (χ2v) is 8.79. The lowest BCUT2D eigenvalue weighted by atomic mass is 9.88. The summed E-state index contributed by atoms with van der Waals surface area (Å²) in [6.07, 6.45) is 5.12. The zero-order valence-corrected chi connectivity index (χ0v) is 15.7. The number of fused-ring (bicyclic) bond motifs is 2. The predicted molar refractivity (Wildman–Crippen MR) is 106 cm³/mol. The van der Waals surface area contributed by atoms with Crippen molar-refractivity contribution in [2.45, 2.75) is 39.5 Å². The molecule has 1 saturated carbocycles. The molecule has 0 radical (unpaired) electrons. The Kier molecular flexibility index (Phi) is 4.01. The summed E-state index contributed by atoms with van der Waals surface area (Å²) in [5.74, 6) is 0.784. The highest BCUT2D eigenvalue weighted by Crippen LogP contribution is 2.43. The van der Waals surface area contributed by atoms with E-state index in [-0.39, 0.29) is 0 Å². The van der Waals surface area contributed by atoms with E-state index in [1.807, 2.05) is 18.2 Å². The van der Waals surface area contributed by atoms with Gasteiger partial charge in [-0.15, -0.1) is 0 Å². The standard InChI is InChI=1S/C22H22Cl2/c1-22(2)10-9-15(13-22)11-14-7-8-18-19(12-14)21(24)17-6-4-3-5-16(17)20(18)23/h3-8,12,15H,9-11,13H2,1-2H3. The smallest absolute Gasteiger partial charge is 0.0563 e. The lowest BCUT2D eigenvalue weighted by Crippen LogP contribution is -2.06. The highest BCUT2D eigenvalue weighted by Gasteiger charge is 2.30. The Morgan fingerprint density at radius 2 is 1.54 bits per heavy atom. The molecule has 0 aromatic heterocycles. The first-order chi connectivity index (χ1) is 11.4. The van der Waals surface area contributed by atoms with Gasteiger partial charge in [0, 0.05) is 21.5 Å². The van der Waals surface area contributed by atoms with Crippen LogP contribution in [0.1, 0.15) is 38.7 Å². The van der Waals surface area contributed by atoms with Crippen molar-refractivity contribution in [2.24, 2.45) is 11.3 Å². The Morgan fingerprint density at radius 1 is 0.917 bits per heavy atom. The minimum absolute atomic E-state index is 0.499. The lowest BCUT2D eigenvalue weighted by molar-refractivity contribution is 0.360. The van der Waals surface area contributed by atoms with Crippen molar-refractivity contribution in [1.29, 1.82) is 0 Å². The van der Waals surface area contributed by atoms with Crippen molar-refractivity contribution in [1.82, 2.24) is 0 Å². The van der Waals surface area contributed by atoms with Crippen LogP contribution in [0.5, 0.6) is 0 Å². The van der Waals surface area contributed by atoms with Gasteiger partial charge in [0.05, 0.1) is 10.0 Å². The Hall–Kier alpha value is -1.24. The van der Waals surface area contributed by atoms with E-state index in [9.17, 15) is 0 Å². The van der Waals surface area contributed by atoms with Crippen molar-refractivity contribution in [2.75, 3.05) is 0 Å². The van der Waals surface area contributed by atoms with Gasteiger partial charge in [-0.2, -0.15) is 0 Å². The first-order valence-corrected chi connectivity index (χ1v) is 9.48. The van der Waals surface area contributed by atoms with Gasteiger partial charge in [0.2, 0.25) is 0 Å². The number of hydrogen-bond donors (Lipinski definition) is 0. The van der Waals surface area contributed by atoms with Crippen LogP contribution in [0.15, 0.2) is 42.5 Å². The molecule has 3 aromatic carbocycles. The summed E-state index contributed by atoms with van der Waals surface area (Å²) in [5, 5.41) is 5.82. The summed E-state index contributed by atoms with van der Waals surface area (Å²) >= 11 is 13.4. The van der Waals surface area contributed by atoms with Gasteiger partial charge in [-0.25, -0.2) is 0 Å². The summed E-state index contributed by atoms with van der Waals surface area (Å²) in [5.41, 5.74) is 1.87. The van der Waals surface area contributed by atoms with Crippen molar-refractivity contribution < 1.29 is 0 Å². The molecule has 1 unspecified atom stereocenters. The molecular weight excluding hydrogens is 335 g/mol. The molecule has 3 aromatic rings. The van der Waals surface area contributed by atoms with Crippen LogP contribution in [0.25, 0.3) is 21.5 Å². The van der Waals surface area contributed by atoms with E-state index >= 15 is 0 Å². The predicted octanol–water partition coefficient (Wildman–Crippen LogP) is 7.67. The second kappa shape index (κ2) is 5.93. The molecule has 1 aliphatic carbocycles. The fraction of sp³-hybridized carbons (Fsp3) is 0.364. The third-order valence-electron chi connectivity index (χ3n) is 5.55. The van der Waals surface area contributed by atoms with Crippen LogP contribution >= 0.6 is 23.2 Å². The van der Waals surface area contributed by atoms with Crippen molar-refractivity contribution >= 4 is 44.7 Å². The summed E-state index contributed by atoms with van der Waals surface area (Å²) in [7, 11) is 0. The van der Waals surface area contributed by atoms with Gasteiger partial charge >= 0.3 is 0 Å². The largest absolute Gasteiger partial charge is 0.0830 e. The van der Waals surface area contributed by atoms with Gasteiger partial charge in [-0.3, -0.25) is 0 Å². The third kappa shape index (κ3) is 2.80. The average Bonchev–Trinajstić information content (AvgIpc) is 2.91. The molecule has 0 saturated heterocycles. The molecule has 1 aliphatic rings. The number of halogens is 2. The number of benzene rings is 3. The van der Waals surface area contributed by atoms with Crippen LogP contribution in [0.4, 0.5) is 0 Å². The molecule has 4 rings (SSSR count). The van der Waals surface area contributed by atoms with Gasteiger partial charge in [0.25, 0.3) is 0 Å². The second-order valence-electron chi connectivity index (χ2n) is 8.03. The fourth-order valence-corrected chi connectivity index (χ4v) is 4.99. The highest BCUT2D eigenvalue weighted by atomic mass is 35.5. The summed E-state index contributed by atoms with van der Waals surface area (Å²) < 4.78 is 0. The van der Waals surface area contributed by atoms with E-state index < -0.39 is 0 Å². The molecule has 1 atom stereocenters. The molecular formula is C22H22Cl2. The van der Waals surface area contributed by atoms with Crippen LogP contribution in [0.2, 0.25) is 10.0 Å². The SMILES string of the molecule is CC1(C)CCC(Cc2ccc3c(Cl)c4ccccc4c(Cl)c3c2)C1. The van der Waals surface area contributed by atoms with E-state index in [0.29, 0.717) is 5.41 Å². The van der Waals surface area contributed by atoms with Crippen LogP contribution in [0, 0.1) is 11.3 Å². The van der Waals surface area contributed by atoms with Crippen LogP contribution < -0.4 is 0 Å². The van der Waals surface area contributed by atoms with Crippen LogP contribution in [0.3, 0.4) is 0 Å². The highest BCUT2D eigenvalue weighted by molar-refractivity contribution is 6.47. The van der Waals surface area contributed by atoms with Crippen molar-refractivity contribution in [3.8, 4) is 0 Å². The molecule has 0 aliphatic heterocycles. The number of hydrogen-bond acceptors (Lipinski definition) is 0. The molecule has 1 fully saturated rings. The molecule has 0 nitrogen and oxygen atoms in total. The zero-order chi connectivity index (χ0) is 16.9. The maximum Gasteiger partial charge on any atom is 0.0563 e. The summed E-state index contributed by atoms with van der Waals surface area (Å²) in [4.78, 5) is 0. The first-order valence-electron chi connectivity index (χ1n) is 8.73. The van der Waals surface area contributed by atoms with E-state index in [1.54, 1.807) is 0 Å². The van der Waals surface area contributed by atoms with E-state index in [0.717, 1.165) is 43.9 Å². The van der Waals surface area contributed by atoms with Gasteiger partial charge in [0.1, 0.15) is 0 Å². The Bertz CT molecular complexity index is 924. The molecule has 0 N–H and O–H groups in total. The monoisotopic (exact) mass is 356 g/mol. The third-order valence-corrected chi connectivity index (χ3v) is 6.37. The van der Waals surface area contributed by atoms with Gasteiger partial charge < -0.3 is 0 Å². The first kappa shape index (κ1) is 16.2. The maximum absolute atomic E-state index is 6.72. The molecule has 0 amide bonds. The van der Waals surface area contributed by atoms with Crippen LogP contribution in [-0.2, 0) is 6.42 Å². The topological polar surface area (TPSA) is 0 Å². The molecule has 0 spiro atoms. The zero-order valence-electron chi connectivity index (χ0n) is 14.2. The minimum Gasteiger partial charge on any atom is -0.0830 e. The Morgan fingerprint density at radius 3 is 2.17 bits per heavy atom. The molecule has 0 heterocycles. The Balaban J connectivity index is 1.78. The minimum atomic E-state index is 0.499. The molecule has 124 valence electrons. The molecule has 24 heavy (non-hydrogen) atoms. The summed E-state index contributed by atoms with van der Waals surface area (Å²) in [6, 6.07) is 14.7. The van der Waals surface area contributed by atoms with E-state index in [2.05, 4.69) is 38.1 Å². The van der Waals surface area contributed by atoms with Crippen LogP contribution in [-0.4, -0.2) is 0 Å². The Labute approximate surface area is 153 Å². The lowest BCUT2D eigenvalue weighted by Gasteiger charge is -2.17. The van der Waals surface area contributed by atoms with Crippen molar-refractivity contribution in [3.63, 3.8) is 0 Å². The quantitative estimate of drug-likeness (QED) is 0.413. The van der Waals surface area contributed by atoms with Gasteiger partial charge in [-0.05, 0) is 48.6 Å². The van der Waals surface area contributed by atoms with Gasteiger partial charge in [0.15, 0.2) is 0 Å². The fourth-order valence-electron chi connectivity index (χ4n) is 4.34. The van der Waals surface area contributed by atoms with Gasteiger partial charge in [-0.1, -0.05) is 73.4 Å². The van der Waals surface area contributed by atoms with E-state index in [4.69, 9.17) is 23.2 Å². The number of rotatable bonds is 2. The normalized spacial score (nSPS) is 20.1. The molecule has 2 heteroatoms. The average molecular weight is 357 g/mol. The van der Waals surface area contributed by atoms with Crippen molar-refractivity contribution in [3.05, 3.63) is 58.1 Å². The maximum atomic E-state index is 6.72. The molecule has 0 bridgehead atoms. The van der Waals surface area contributed by atoms with E-state index in [1.165, 1.54) is 24.8 Å². The summed E-state index contributed by atoms with van der Waals surface area (Å²) in [6.45, 7) is 4.77.